The largest absolute Gasteiger partial charge is 0.383 e. The van der Waals surface area contributed by atoms with Gasteiger partial charge in [0.2, 0.25) is 5.56 Å². The fourth-order valence-corrected chi connectivity index (χ4v) is 3.82. The number of pyridine rings is 1. The zero-order valence-corrected chi connectivity index (χ0v) is 16.7. The first-order chi connectivity index (χ1) is 14.5. The molecule has 4 rings (SSSR count). The van der Waals surface area contributed by atoms with Gasteiger partial charge in [-0.1, -0.05) is 18.2 Å². The lowest BCUT2D eigenvalue weighted by Gasteiger charge is -2.32. The maximum Gasteiger partial charge on any atom is 0.255 e. The number of piperidine rings is 1. The smallest absolute Gasteiger partial charge is 0.255 e. The van der Waals surface area contributed by atoms with Crippen molar-refractivity contribution in [2.45, 2.75) is 12.8 Å². The molecule has 8 heteroatoms. The normalized spacial score (nSPS) is 16.4. The van der Waals surface area contributed by atoms with Crippen LogP contribution < -0.4 is 11.3 Å². The number of nitrogens with two attached hydrogens (primary N) is 1. The summed E-state index contributed by atoms with van der Waals surface area (Å²) in [5.41, 5.74) is 7.64. The number of rotatable bonds is 4. The molecule has 1 atom stereocenters. The van der Waals surface area contributed by atoms with Crippen molar-refractivity contribution in [1.82, 2.24) is 19.2 Å². The molecule has 30 heavy (non-hydrogen) atoms. The molecule has 8 nitrogen and oxygen atoms in total. The number of Topliss-reactive ketones (excluding diaryl/α,β-unsaturated/α-hetero) is 1. The van der Waals surface area contributed by atoms with E-state index in [-0.39, 0.29) is 23.2 Å². The van der Waals surface area contributed by atoms with Gasteiger partial charge in [0.05, 0.1) is 23.0 Å². The molecule has 0 bridgehead atoms. The van der Waals surface area contributed by atoms with Crippen LogP contribution in [0.4, 0.5) is 5.82 Å². The Morgan fingerprint density at radius 1 is 1.13 bits per heavy atom. The summed E-state index contributed by atoms with van der Waals surface area (Å²) in [5.74, 6) is -0.331. The first-order valence-electron chi connectivity index (χ1n) is 9.85. The predicted octanol–water partition coefficient (Wildman–Crippen LogP) is 1.89. The molecule has 2 aromatic heterocycles. The van der Waals surface area contributed by atoms with Crippen molar-refractivity contribution in [2.24, 2.45) is 13.0 Å². The number of anilines is 1. The second kappa shape index (κ2) is 7.98. The minimum absolute atomic E-state index is 0.104. The summed E-state index contributed by atoms with van der Waals surface area (Å²) in [6, 6.07) is 12.3. The SMILES string of the molecule is Cn1cc(C(=O)N2CCCC(C(=O)c3cnn(-c4ccccc4)c3N)C2)ccc1=O. The van der Waals surface area contributed by atoms with E-state index in [9.17, 15) is 14.4 Å². The number of ketones is 1. The van der Waals surface area contributed by atoms with Crippen LogP contribution in [-0.4, -0.2) is 44.0 Å². The lowest BCUT2D eigenvalue weighted by atomic mass is 9.90. The van der Waals surface area contributed by atoms with Gasteiger partial charge < -0.3 is 15.2 Å². The third kappa shape index (κ3) is 3.63. The van der Waals surface area contributed by atoms with E-state index in [2.05, 4.69) is 5.10 Å². The fourth-order valence-electron chi connectivity index (χ4n) is 3.82. The van der Waals surface area contributed by atoms with E-state index in [1.54, 1.807) is 16.6 Å². The molecule has 154 valence electrons. The molecule has 3 aromatic rings. The summed E-state index contributed by atoms with van der Waals surface area (Å²) >= 11 is 0. The Hall–Kier alpha value is -3.68. The Kier molecular flexibility index (Phi) is 5.22. The summed E-state index contributed by atoms with van der Waals surface area (Å²) in [6.07, 6.45) is 4.43. The second-order valence-corrected chi connectivity index (χ2v) is 7.51. The van der Waals surface area contributed by atoms with Gasteiger partial charge in [-0.3, -0.25) is 14.4 Å². The van der Waals surface area contributed by atoms with Crippen molar-refractivity contribution in [1.29, 1.82) is 0 Å². The number of para-hydroxylation sites is 1. The Morgan fingerprint density at radius 2 is 1.90 bits per heavy atom. The molecule has 0 spiro atoms. The lowest BCUT2D eigenvalue weighted by Crippen LogP contribution is -2.42. The zero-order valence-electron chi connectivity index (χ0n) is 16.7. The summed E-state index contributed by atoms with van der Waals surface area (Å²) in [7, 11) is 1.61. The first-order valence-corrected chi connectivity index (χ1v) is 9.85. The average molecular weight is 405 g/mol. The maximum absolute atomic E-state index is 13.2. The highest BCUT2D eigenvalue weighted by Gasteiger charge is 2.31. The lowest BCUT2D eigenvalue weighted by molar-refractivity contribution is 0.0636. The Morgan fingerprint density at radius 3 is 2.63 bits per heavy atom. The molecule has 0 radical (unpaired) electrons. The predicted molar refractivity (Wildman–Crippen MR) is 113 cm³/mol. The topological polar surface area (TPSA) is 103 Å². The van der Waals surface area contributed by atoms with E-state index < -0.39 is 0 Å². The molecule has 0 saturated carbocycles. The van der Waals surface area contributed by atoms with Crippen LogP contribution in [-0.2, 0) is 7.05 Å². The fraction of sp³-hybridized carbons (Fsp3) is 0.273. The maximum atomic E-state index is 13.2. The van der Waals surface area contributed by atoms with Crippen LogP contribution in [0.1, 0.15) is 33.6 Å². The Labute approximate surface area is 173 Å². The number of carbonyl (C=O) groups excluding carboxylic acids is 2. The molecule has 1 aliphatic rings. The number of carbonyl (C=O) groups is 2. The molecule has 2 N–H and O–H groups in total. The molecule has 1 aromatic carbocycles. The third-order valence-electron chi connectivity index (χ3n) is 5.48. The summed E-state index contributed by atoms with van der Waals surface area (Å²) in [4.78, 5) is 39.3. The highest BCUT2D eigenvalue weighted by molar-refractivity contribution is 6.02. The van der Waals surface area contributed by atoms with Crippen molar-refractivity contribution in [3.8, 4) is 5.69 Å². The van der Waals surface area contributed by atoms with Crippen LogP contribution in [0.3, 0.4) is 0 Å². The number of likely N-dealkylation sites (tertiary alicyclic amines) is 1. The van der Waals surface area contributed by atoms with Gasteiger partial charge in [-0.15, -0.1) is 0 Å². The van der Waals surface area contributed by atoms with Gasteiger partial charge in [0.1, 0.15) is 5.82 Å². The van der Waals surface area contributed by atoms with Gasteiger partial charge in [-0.2, -0.15) is 5.10 Å². The number of amides is 1. The highest BCUT2D eigenvalue weighted by Crippen LogP contribution is 2.26. The van der Waals surface area contributed by atoms with Gasteiger partial charge in [-0.25, -0.2) is 4.68 Å². The van der Waals surface area contributed by atoms with E-state index in [0.29, 0.717) is 36.5 Å². The quantitative estimate of drug-likeness (QED) is 0.668. The Balaban J connectivity index is 1.53. The third-order valence-corrected chi connectivity index (χ3v) is 5.48. The number of hydrogen-bond acceptors (Lipinski definition) is 5. The van der Waals surface area contributed by atoms with Gasteiger partial charge >= 0.3 is 0 Å². The number of benzene rings is 1. The highest BCUT2D eigenvalue weighted by atomic mass is 16.2. The van der Waals surface area contributed by atoms with Crippen LogP contribution in [0.25, 0.3) is 5.69 Å². The van der Waals surface area contributed by atoms with Crippen LogP contribution in [0.15, 0.2) is 59.7 Å². The molecular weight excluding hydrogens is 382 g/mol. The van der Waals surface area contributed by atoms with Gasteiger partial charge in [-0.05, 0) is 31.0 Å². The number of aromatic nitrogens is 3. The number of hydrogen-bond donors (Lipinski definition) is 1. The van der Waals surface area contributed by atoms with Gasteiger partial charge in [0, 0.05) is 38.3 Å². The average Bonchev–Trinajstić information content (AvgIpc) is 3.16. The van der Waals surface area contributed by atoms with Crippen LogP contribution in [0.5, 0.6) is 0 Å². The van der Waals surface area contributed by atoms with Gasteiger partial charge in [0.15, 0.2) is 5.78 Å². The van der Waals surface area contributed by atoms with E-state index in [4.69, 9.17) is 5.73 Å². The second-order valence-electron chi connectivity index (χ2n) is 7.51. The molecule has 1 saturated heterocycles. The van der Waals surface area contributed by atoms with E-state index in [1.807, 2.05) is 30.3 Å². The molecule has 1 unspecified atom stereocenters. The summed E-state index contributed by atoms with van der Waals surface area (Å²) < 4.78 is 2.92. The summed E-state index contributed by atoms with van der Waals surface area (Å²) in [5, 5.41) is 4.28. The Bertz CT molecular complexity index is 1150. The van der Waals surface area contributed by atoms with Gasteiger partial charge in [0.25, 0.3) is 5.91 Å². The van der Waals surface area contributed by atoms with Crippen LogP contribution in [0, 0.1) is 5.92 Å². The molecular formula is C22H23N5O3. The standard InChI is InChI=1S/C22H23N5O3/c1-25-13-16(9-10-19(25)28)22(30)26-11-5-6-15(14-26)20(29)18-12-24-27(21(18)23)17-7-3-2-4-8-17/h2-4,7-10,12-13,15H,5-6,11,14,23H2,1H3. The van der Waals surface area contributed by atoms with E-state index >= 15 is 0 Å². The van der Waals surface area contributed by atoms with Crippen LogP contribution in [0.2, 0.25) is 0 Å². The minimum atomic E-state index is -0.342. The zero-order chi connectivity index (χ0) is 21.3. The van der Waals surface area contributed by atoms with Crippen molar-refractivity contribution >= 4 is 17.5 Å². The number of aryl methyl sites for hydroxylation is 1. The number of nitrogens with zero attached hydrogens (tertiary/aromatic N) is 4. The number of nitrogen functional groups attached to an aromatic ring is 1. The first kappa shape index (κ1) is 19.6. The van der Waals surface area contributed by atoms with E-state index in [0.717, 1.165) is 12.1 Å². The van der Waals surface area contributed by atoms with Crippen molar-refractivity contribution in [3.63, 3.8) is 0 Å². The molecule has 3 heterocycles. The molecule has 1 fully saturated rings. The monoisotopic (exact) mass is 405 g/mol. The van der Waals surface area contributed by atoms with Crippen molar-refractivity contribution in [2.75, 3.05) is 18.8 Å². The molecule has 0 aliphatic carbocycles. The van der Waals surface area contributed by atoms with E-state index in [1.165, 1.54) is 29.1 Å². The molecule has 1 amide bonds. The summed E-state index contributed by atoms with van der Waals surface area (Å²) in [6.45, 7) is 0.890. The minimum Gasteiger partial charge on any atom is -0.383 e. The van der Waals surface area contributed by atoms with Crippen molar-refractivity contribution in [3.05, 3.63) is 76.3 Å². The van der Waals surface area contributed by atoms with Crippen LogP contribution >= 0.6 is 0 Å². The molecule has 1 aliphatic heterocycles. The van der Waals surface area contributed by atoms with Crippen molar-refractivity contribution < 1.29 is 9.59 Å².